The summed E-state index contributed by atoms with van der Waals surface area (Å²) in [7, 11) is 0. The molecule has 18 heavy (non-hydrogen) atoms. The van der Waals surface area contributed by atoms with E-state index in [0.717, 1.165) is 18.4 Å². The van der Waals surface area contributed by atoms with E-state index in [2.05, 4.69) is 25.2 Å². The lowest BCUT2D eigenvalue weighted by Gasteiger charge is -2.09. The summed E-state index contributed by atoms with van der Waals surface area (Å²) in [5.74, 6) is -0.0483. The first-order valence-corrected chi connectivity index (χ1v) is 6.64. The van der Waals surface area contributed by atoms with E-state index in [0.29, 0.717) is 18.5 Å². The summed E-state index contributed by atoms with van der Waals surface area (Å²) >= 11 is 4.80. The minimum absolute atomic E-state index is 0.0483. The van der Waals surface area contributed by atoms with Gasteiger partial charge in [0.15, 0.2) is 5.05 Å². The summed E-state index contributed by atoms with van der Waals surface area (Å²) in [5.41, 5.74) is 2.96. The summed E-state index contributed by atoms with van der Waals surface area (Å²) in [6.07, 6.45) is 4.84. The van der Waals surface area contributed by atoms with Crippen molar-refractivity contribution in [2.75, 3.05) is 6.54 Å². The molecule has 2 N–H and O–H groups in total. The molecule has 3 nitrogen and oxygen atoms in total. The van der Waals surface area contributed by atoms with Gasteiger partial charge in [0.05, 0.1) is 0 Å². The van der Waals surface area contributed by atoms with E-state index in [1.807, 2.05) is 0 Å². The van der Waals surface area contributed by atoms with Crippen LogP contribution in [0.3, 0.4) is 0 Å². The van der Waals surface area contributed by atoms with E-state index in [1.165, 1.54) is 12.5 Å². The summed E-state index contributed by atoms with van der Waals surface area (Å²) in [4.78, 5) is 10.8. The van der Waals surface area contributed by atoms with E-state index in [-0.39, 0.29) is 11.0 Å². The molecule has 0 aliphatic rings. The van der Waals surface area contributed by atoms with Gasteiger partial charge >= 0.3 is 0 Å². The lowest BCUT2D eigenvalue weighted by atomic mass is 10.0. The van der Waals surface area contributed by atoms with Gasteiger partial charge in [0, 0.05) is 19.0 Å². The van der Waals surface area contributed by atoms with E-state index in [9.17, 15) is 9.90 Å². The zero-order valence-electron chi connectivity index (χ0n) is 11.7. The molecule has 0 saturated heterocycles. The Morgan fingerprint density at radius 1 is 1.28 bits per heavy atom. The summed E-state index contributed by atoms with van der Waals surface area (Å²) in [6.45, 7) is 8.05. The lowest BCUT2D eigenvalue weighted by Crippen LogP contribution is -2.21. The smallest absolute Gasteiger partial charge is 0.216 e. The molecule has 102 valence electrons. The van der Waals surface area contributed by atoms with Crippen molar-refractivity contribution in [2.45, 2.75) is 47.0 Å². The number of aliphatic hydroxyl groups is 1. The van der Waals surface area contributed by atoms with Gasteiger partial charge in [0.2, 0.25) is 5.91 Å². The third-order valence-corrected chi connectivity index (χ3v) is 2.94. The molecule has 0 aliphatic carbocycles. The summed E-state index contributed by atoms with van der Waals surface area (Å²) in [6, 6.07) is 0. The molecule has 0 heterocycles. The van der Waals surface area contributed by atoms with Crippen LogP contribution in [0.4, 0.5) is 0 Å². The second kappa shape index (κ2) is 8.86. The SMILES string of the molecule is CCC/C(C)=C/C(CCNC(C)=O)=C(\C)C(O)=S. The van der Waals surface area contributed by atoms with Gasteiger partial charge in [-0.1, -0.05) is 25.0 Å². The van der Waals surface area contributed by atoms with E-state index < -0.39 is 0 Å². The topological polar surface area (TPSA) is 49.3 Å². The van der Waals surface area contributed by atoms with E-state index >= 15 is 0 Å². The molecule has 0 aromatic rings. The Morgan fingerprint density at radius 3 is 2.33 bits per heavy atom. The Labute approximate surface area is 115 Å². The van der Waals surface area contributed by atoms with Gasteiger partial charge in [-0.2, -0.15) is 0 Å². The fraction of sp³-hybridized carbons (Fsp3) is 0.571. The fourth-order valence-corrected chi connectivity index (χ4v) is 1.77. The zero-order chi connectivity index (χ0) is 14.1. The molecule has 0 atom stereocenters. The number of aliphatic hydroxyl groups excluding tert-OH is 1. The third kappa shape index (κ3) is 7.22. The van der Waals surface area contributed by atoms with Crippen molar-refractivity contribution in [3.63, 3.8) is 0 Å². The molecule has 0 radical (unpaired) electrons. The van der Waals surface area contributed by atoms with Gasteiger partial charge in [0.1, 0.15) is 0 Å². The molecule has 1 amide bonds. The quantitative estimate of drug-likeness (QED) is 0.423. The van der Waals surface area contributed by atoms with Gasteiger partial charge in [-0.15, -0.1) is 0 Å². The predicted octanol–water partition coefficient (Wildman–Crippen LogP) is 3.46. The number of amides is 1. The summed E-state index contributed by atoms with van der Waals surface area (Å²) < 4.78 is 0. The molecule has 0 saturated carbocycles. The predicted molar refractivity (Wildman–Crippen MR) is 79.9 cm³/mol. The zero-order valence-corrected chi connectivity index (χ0v) is 12.5. The number of thiocarbonyl (C=S) groups is 1. The Hall–Kier alpha value is -1.16. The highest BCUT2D eigenvalue weighted by Crippen LogP contribution is 2.16. The molecule has 0 aromatic heterocycles. The van der Waals surface area contributed by atoms with Crippen molar-refractivity contribution in [1.29, 1.82) is 0 Å². The first-order valence-electron chi connectivity index (χ1n) is 6.23. The van der Waals surface area contributed by atoms with Crippen LogP contribution >= 0.6 is 12.2 Å². The van der Waals surface area contributed by atoms with Crippen LogP contribution in [0, 0.1) is 0 Å². The monoisotopic (exact) mass is 269 g/mol. The molecule has 0 bridgehead atoms. The van der Waals surface area contributed by atoms with Crippen molar-refractivity contribution in [1.82, 2.24) is 5.32 Å². The van der Waals surface area contributed by atoms with Crippen molar-refractivity contribution in [3.05, 3.63) is 22.8 Å². The maximum Gasteiger partial charge on any atom is 0.216 e. The first kappa shape index (κ1) is 16.8. The minimum Gasteiger partial charge on any atom is -0.499 e. The number of carbonyl (C=O) groups is 1. The number of rotatable bonds is 7. The number of hydrogen-bond donors (Lipinski definition) is 2. The van der Waals surface area contributed by atoms with Crippen LogP contribution in [0.2, 0.25) is 0 Å². The van der Waals surface area contributed by atoms with E-state index in [4.69, 9.17) is 12.2 Å². The molecule has 0 aromatic carbocycles. The largest absolute Gasteiger partial charge is 0.499 e. The molecule has 0 aliphatic heterocycles. The Bertz CT molecular complexity index is 370. The standard InChI is InChI=1S/C14H23NO2S/c1-5-6-10(2)9-13(11(3)14(17)18)7-8-15-12(4)16/h9H,5-8H2,1-4H3,(H,15,16)(H,17,18)/b10-9+,13-11+. The van der Waals surface area contributed by atoms with Crippen molar-refractivity contribution < 1.29 is 9.90 Å². The molecule has 0 fully saturated rings. The molecule has 0 unspecified atom stereocenters. The second-order valence-corrected chi connectivity index (χ2v) is 4.82. The molecule has 4 heteroatoms. The van der Waals surface area contributed by atoms with Gasteiger partial charge < -0.3 is 10.4 Å². The van der Waals surface area contributed by atoms with Crippen molar-refractivity contribution in [3.8, 4) is 0 Å². The van der Waals surface area contributed by atoms with Crippen LogP contribution in [0.15, 0.2) is 22.8 Å². The second-order valence-electron chi connectivity index (χ2n) is 4.43. The van der Waals surface area contributed by atoms with Crippen LogP contribution in [0.25, 0.3) is 0 Å². The minimum atomic E-state index is -0.0756. The summed E-state index contributed by atoms with van der Waals surface area (Å²) in [5, 5.41) is 12.1. The maximum absolute atomic E-state index is 10.8. The highest BCUT2D eigenvalue weighted by molar-refractivity contribution is 7.80. The van der Waals surface area contributed by atoms with Crippen LogP contribution in [0.1, 0.15) is 47.0 Å². The van der Waals surface area contributed by atoms with Gasteiger partial charge in [0.25, 0.3) is 0 Å². The Morgan fingerprint density at radius 2 is 1.89 bits per heavy atom. The van der Waals surface area contributed by atoms with Crippen LogP contribution in [0.5, 0.6) is 0 Å². The normalized spacial score (nSPS) is 13.0. The average Bonchev–Trinajstić information content (AvgIpc) is 2.26. The number of nitrogens with one attached hydrogen (secondary N) is 1. The lowest BCUT2D eigenvalue weighted by molar-refractivity contribution is -0.118. The first-order chi connectivity index (χ1) is 8.38. The highest BCUT2D eigenvalue weighted by atomic mass is 32.1. The fourth-order valence-electron chi connectivity index (χ4n) is 1.64. The number of carbonyl (C=O) groups excluding carboxylic acids is 1. The third-order valence-electron chi connectivity index (χ3n) is 2.64. The number of hydrogen-bond acceptors (Lipinski definition) is 2. The maximum atomic E-state index is 10.8. The van der Waals surface area contributed by atoms with E-state index in [1.54, 1.807) is 6.92 Å². The molecular weight excluding hydrogens is 246 g/mol. The molecule has 0 spiro atoms. The molecular formula is C14H23NO2S. The van der Waals surface area contributed by atoms with Crippen molar-refractivity contribution in [2.24, 2.45) is 0 Å². The Balaban J connectivity index is 4.85. The van der Waals surface area contributed by atoms with Gasteiger partial charge in [-0.3, -0.25) is 4.79 Å². The number of allylic oxidation sites excluding steroid dienone is 2. The highest BCUT2D eigenvalue weighted by Gasteiger charge is 2.05. The van der Waals surface area contributed by atoms with Gasteiger partial charge in [-0.05, 0) is 44.5 Å². The van der Waals surface area contributed by atoms with Crippen LogP contribution in [-0.4, -0.2) is 22.6 Å². The molecule has 0 rings (SSSR count). The Kier molecular flexibility index (Phi) is 8.29. The van der Waals surface area contributed by atoms with Gasteiger partial charge in [-0.25, -0.2) is 0 Å². The van der Waals surface area contributed by atoms with Crippen LogP contribution < -0.4 is 5.32 Å². The van der Waals surface area contributed by atoms with Crippen molar-refractivity contribution >= 4 is 23.2 Å². The van der Waals surface area contributed by atoms with Crippen LogP contribution in [-0.2, 0) is 4.79 Å². The average molecular weight is 269 g/mol.